The fourth-order valence-corrected chi connectivity index (χ4v) is 3.18. The summed E-state index contributed by atoms with van der Waals surface area (Å²) in [7, 11) is 5.27. The lowest BCUT2D eigenvalue weighted by Crippen LogP contribution is -3.06. The summed E-state index contributed by atoms with van der Waals surface area (Å²) in [6.45, 7) is 1.25. The van der Waals surface area contributed by atoms with Crippen molar-refractivity contribution in [2.45, 2.75) is 13.1 Å². The molecule has 2 N–H and O–H groups in total. The molecule has 3 rings (SSSR count). The minimum absolute atomic E-state index is 0.159. The number of quaternary nitrogens is 1. The summed E-state index contributed by atoms with van der Waals surface area (Å²) >= 11 is 6.02. The Labute approximate surface area is 156 Å². The third-order valence-electron chi connectivity index (χ3n) is 4.16. The molecule has 1 heterocycles. The highest BCUT2D eigenvalue weighted by molar-refractivity contribution is 6.31. The van der Waals surface area contributed by atoms with E-state index >= 15 is 0 Å². The number of nitrogens with zero attached hydrogens (tertiary/aromatic N) is 1. The van der Waals surface area contributed by atoms with E-state index in [4.69, 9.17) is 21.1 Å². The molecule has 0 bridgehead atoms. The topological polar surface area (TPSA) is 68.7 Å². The number of hydrogen-bond acceptors (Lipinski definition) is 4. The molecular weight excluding hydrogens is 354 g/mol. The van der Waals surface area contributed by atoms with E-state index in [1.54, 1.807) is 32.4 Å². The highest BCUT2D eigenvalue weighted by Gasteiger charge is 2.15. The average molecular weight is 375 g/mol. The minimum atomic E-state index is -0.159. The molecule has 0 aliphatic carbocycles. The third-order valence-corrected chi connectivity index (χ3v) is 4.40. The first-order chi connectivity index (χ1) is 12.5. The summed E-state index contributed by atoms with van der Waals surface area (Å²) < 4.78 is 10.8. The van der Waals surface area contributed by atoms with Crippen LogP contribution in [0.2, 0.25) is 5.02 Å². The van der Waals surface area contributed by atoms with Gasteiger partial charge in [0.2, 0.25) is 0 Å². The van der Waals surface area contributed by atoms with Gasteiger partial charge in [0.25, 0.3) is 5.56 Å². The number of ether oxygens (including phenoxy) is 2. The Balaban J connectivity index is 1.84. The van der Waals surface area contributed by atoms with Gasteiger partial charge >= 0.3 is 0 Å². The van der Waals surface area contributed by atoms with Crippen LogP contribution in [0.4, 0.5) is 0 Å². The Morgan fingerprint density at radius 2 is 1.96 bits per heavy atom. The van der Waals surface area contributed by atoms with Crippen LogP contribution in [0.1, 0.15) is 11.4 Å². The van der Waals surface area contributed by atoms with Crippen molar-refractivity contribution >= 4 is 22.5 Å². The predicted octanol–water partition coefficient (Wildman–Crippen LogP) is 1.81. The number of methoxy groups -OCH3 is 2. The number of rotatable bonds is 6. The molecule has 0 spiro atoms. The lowest BCUT2D eigenvalue weighted by Gasteiger charge is -2.17. The number of para-hydroxylation sites is 1. The van der Waals surface area contributed by atoms with Crippen LogP contribution in [0, 0.1) is 0 Å². The molecule has 0 radical (unpaired) electrons. The lowest BCUT2D eigenvalue weighted by atomic mass is 10.1. The second-order valence-electron chi connectivity index (χ2n) is 6.14. The fraction of sp³-hybridized carbons (Fsp3) is 0.263. The van der Waals surface area contributed by atoms with Gasteiger partial charge in [0.05, 0.1) is 37.7 Å². The summed E-state index contributed by atoms with van der Waals surface area (Å²) in [4.78, 5) is 20.8. The number of aromatic amines is 1. The maximum Gasteiger partial charge on any atom is 0.258 e. The number of fused-ring (bicyclic) bond motifs is 1. The van der Waals surface area contributed by atoms with E-state index in [2.05, 4.69) is 9.97 Å². The molecule has 0 amide bonds. The van der Waals surface area contributed by atoms with Gasteiger partial charge < -0.3 is 19.4 Å². The van der Waals surface area contributed by atoms with Crippen molar-refractivity contribution in [3.8, 4) is 11.5 Å². The molecule has 0 saturated carbocycles. The molecule has 1 unspecified atom stereocenters. The van der Waals surface area contributed by atoms with Crippen molar-refractivity contribution in [2.75, 3.05) is 21.3 Å². The van der Waals surface area contributed by atoms with Crippen LogP contribution >= 0.6 is 11.6 Å². The largest absolute Gasteiger partial charge is 0.493 e. The number of hydrogen-bond donors (Lipinski definition) is 2. The molecule has 1 atom stereocenters. The second kappa shape index (κ2) is 7.76. The Bertz CT molecular complexity index is 987. The van der Waals surface area contributed by atoms with E-state index in [1.807, 2.05) is 25.2 Å². The standard InChI is InChI=1S/C19H20ClN3O3/c1-23(10-12-5-4-6-16(25-2)18(12)26-3)11-17-21-15-9-13(20)7-8-14(15)19(24)22-17/h4-9H,10-11H2,1-3H3,(H,21,22,24)/p+1. The fourth-order valence-electron chi connectivity index (χ4n) is 3.01. The Morgan fingerprint density at radius 3 is 2.69 bits per heavy atom. The van der Waals surface area contributed by atoms with Crippen LogP contribution < -0.4 is 19.9 Å². The zero-order valence-corrected chi connectivity index (χ0v) is 15.7. The van der Waals surface area contributed by atoms with Gasteiger partial charge in [-0.15, -0.1) is 0 Å². The quantitative estimate of drug-likeness (QED) is 0.690. The minimum Gasteiger partial charge on any atom is -0.493 e. The van der Waals surface area contributed by atoms with Gasteiger partial charge in [-0.2, -0.15) is 0 Å². The highest BCUT2D eigenvalue weighted by Crippen LogP contribution is 2.30. The summed E-state index contributed by atoms with van der Waals surface area (Å²) in [5, 5.41) is 1.09. The van der Waals surface area contributed by atoms with Crippen molar-refractivity contribution in [2.24, 2.45) is 0 Å². The van der Waals surface area contributed by atoms with Gasteiger partial charge in [-0.25, -0.2) is 4.98 Å². The second-order valence-corrected chi connectivity index (χ2v) is 6.57. The Kier molecular flexibility index (Phi) is 5.44. The molecule has 2 aromatic carbocycles. The zero-order chi connectivity index (χ0) is 18.7. The molecule has 1 aromatic heterocycles. The first-order valence-corrected chi connectivity index (χ1v) is 8.59. The van der Waals surface area contributed by atoms with Gasteiger partial charge in [-0.1, -0.05) is 17.7 Å². The first kappa shape index (κ1) is 18.2. The highest BCUT2D eigenvalue weighted by atomic mass is 35.5. The number of nitrogens with one attached hydrogen (secondary N) is 2. The number of benzene rings is 2. The van der Waals surface area contributed by atoms with E-state index < -0.39 is 0 Å². The zero-order valence-electron chi connectivity index (χ0n) is 14.9. The molecule has 136 valence electrons. The van der Waals surface area contributed by atoms with Crippen molar-refractivity contribution in [3.63, 3.8) is 0 Å². The predicted molar refractivity (Wildman–Crippen MR) is 101 cm³/mol. The van der Waals surface area contributed by atoms with Gasteiger partial charge in [0.15, 0.2) is 17.3 Å². The molecular formula is C19H21ClN3O3+. The molecule has 7 heteroatoms. The summed E-state index contributed by atoms with van der Waals surface area (Å²) in [6.07, 6.45) is 0. The molecule has 26 heavy (non-hydrogen) atoms. The smallest absolute Gasteiger partial charge is 0.258 e. The van der Waals surface area contributed by atoms with Gasteiger partial charge in [0.1, 0.15) is 13.1 Å². The molecule has 3 aromatic rings. The average Bonchev–Trinajstić information content (AvgIpc) is 2.60. The molecule has 0 aliphatic rings. The van der Waals surface area contributed by atoms with Crippen molar-refractivity contribution in [1.82, 2.24) is 9.97 Å². The van der Waals surface area contributed by atoms with Crippen LogP contribution in [-0.2, 0) is 13.1 Å². The summed E-state index contributed by atoms with van der Waals surface area (Å²) in [5.41, 5.74) is 1.46. The summed E-state index contributed by atoms with van der Waals surface area (Å²) in [5.74, 6) is 2.04. The Hall–Kier alpha value is -2.57. The normalized spacial score (nSPS) is 12.2. The van der Waals surface area contributed by atoms with Crippen LogP contribution in [0.25, 0.3) is 10.9 Å². The van der Waals surface area contributed by atoms with Gasteiger partial charge in [-0.05, 0) is 30.3 Å². The van der Waals surface area contributed by atoms with E-state index in [0.717, 1.165) is 16.2 Å². The van der Waals surface area contributed by atoms with Crippen molar-refractivity contribution in [1.29, 1.82) is 0 Å². The van der Waals surface area contributed by atoms with Crippen molar-refractivity contribution < 1.29 is 14.4 Å². The van der Waals surface area contributed by atoms with Gasteiger partial charge in [0, 0.05) is 5.02 Å². The molecule has 0 saturated heterocycles. The molecule has 6 nitrogen and oxygen atoms in total. The van der Waals surface area contributed by atoms with Crippen LogP contribution in [0.15, 0.2) is 41.2 Å². The van der Waals surface area contributed by atoms with E-state index in [9.17, 15) is 4.79 Å². The maximum atomic E-state index is 12.3. The number of halogens is 1. The first-order valence-electron chi connectivity index (χ1n) is 8.21. The number of H-pyrrole nitrogens is 1. The van der Waals surface area contributed by atoms with Crippen LogP contribution in [-0.4, -0.2) is 31.2 Å². The van der Waals surface area contributed by atoms with Crippen molar-refractivity contribution in [3.05, 3.63) is 63.2 Å². The van der Waals surface area contributed by atoms with Gasteiger partial charge in [-0.3, -0.25) is 4.79 Å². The van der Waals surface area contributed by atoms with Crippen LogP contribution in [0.5, 0.6) is 11.5 Å². The third kappa shape index (κ3) is 3.81. The van der Waals surface area contributed by atoms with Crippen LogP contribution in [0.3, 0.4) is 0 Å². The molecule has 0 fully saturated rings. The lowest BCUT2D eigenvalue weighted by molar-refractivity contribution is -0.908. The van der Waals surface area contributed by atoms with E-state index in [0.29, 0.717) is 40.6 Å². The summed E-state index contributed by atoms with van der Waals surface area (Å²) in [6, 6.07) is 10.9. The Morgan fingerprint density at radius 1 is 1.15 bits per heavy atom. The SMILES string of the molecule is COc1cccc(C[NH+](C)Cc2nc3cc(Cl)ccc3c(=O)[nH]2)c1OC. The number of aromatic nitrogens is 2. The molecule has 0 aliphatic heterocycles. The monoisotopic (exact) mass is 374 g/mol. The van der Waals surface area contributed by atoms with E-state index in [1.165, 1.54) is 0 Å². The van der Waals surface area contributed by atoms with E-state index in [-0.39, 0.29) is 5.56 Å². The maximum absolute atomic E-state index is 12.3.